The van der Waals surface area contributed by atoms with Gasteiger partial charge in [-0.1, -0.05) is 11.8 Å². The van der Waals surface area contributed by atoms with Crippen molar-refractivity contribution in [3.8, 4) is 0 Å². The van der Waals surface area contributed by atoms with Crippen LogP contribution in [0.5, 0.6) is 0 Å². The van der Waals surface area contributed by atoms with Crippen LogP contribution >= 0.6 is 11.8 Å². The lowest BCUT2D eigenvalue weighted by atomic mass is 10.4. The van der Waals surface area contributed by atoms with E-state index in [0.29, 0.717) is 0 Å². The molecular formula is C7H13N3S. The van der Waals surface area contributed by atoms with Crippen molar-refractivity contribution in [1.82, 2.24) is 9.55 Å². The molecule has 0 saturated heterocycles. The molecule has 3 nitrogen and oxygen atoms in total. The minimum Gasteiger partial charge on any atom is -0.329 e. The second kappa shape index (κ2) is 3.78. The fraction of sp³-hybridized carbons (Fsp3) is 0.571. The third kappa shape index (κ3) is 2.55. The Hall–Kier alpha value is -0.480. The summed E-state index contributed by atoms with van der Waals surface area (Å²) in [6.07, 6.45) is 3.73. The number of hydrogen-bond acceptors (Lipinski definition) is 3. The average molecular weight is 171 g/mol. The van der Waals surface area contributed by atoms with Crippen LogP contribution in [0.15, 0.2) is 17.6 Å². The topological polar surface area (TPSA) is 43.8 Å². The molecular weight excluding hydrogens is 158 g/mol. The molecule has 0 saturated carbocycles. The summed E-state index contributed by atoms with van der Waals surface area (Å²) in [7, 11) is 1.98. The van der Waals surface area contributed by atoms with Gasteiger partial charge in [-0.15, -0.1) is 0 Å². The number of aromatic nitrogens is 2. The lowest BCUT2D eigenvalue weighted by molar-refractivity contribution is 0.782. The van der Waals surface area contributed by atoms with Gasteiger partial charge < -0.3 is 10.3 Å². The van der Waals surface area contributed by atoms with E-state index in [2.05, 4.69) is 4.98 Å². The molecule has 0 bridgehead atoms. The lowest BCUT2D eigenvalue weighted by Gasteiger charge is -2.03. The SMILES string of the molecule is C[C@@H](N)CSc1nccn1C. The molecule has 4 heteroatoms. The third-order valence-corrected chi connectivity index (χ3v) is 2.60. The van der Waals surface area contributed by atoms with Crippen molar-refractivity contribution in [2.24, 2.45) is 12.8 Å². The molecule has 0 unspecified atom stereocenters. The van der Waals surface area contributed by atoms with Gasteiger partial charge in [0.05, 0.1) is 0 Å². The maximum absolute atomic E-state index is 5.60. The largest absolute Gasteiger partial charge is 0.329 e. The minimum atomic E-state index is 0.233. The molecule has 1 atom stereocenters. The molecule has 11 heavy (non-hydrogen) atoms. The molecule has 0 aliphatic heterocycles. The van der Waals surface area contributed by atoms with Gasteiger partial charge in [-0.2, -0.15) is 0 Å². The highest BCUT2D eigenvalue weighted by Gasteiger charge is 2.00. The van der Waals surface area contributed by atoms with Gasteiger partial charge in [-0.05, 0) is 6.92 Å². The normalized spacial score (nSPS) is 13.4. The van der Waals surface area contributed by atoms with Gasteiger partial charge in [0.1, 0.15) is 0 Å². The van der Waals surface area contributed by atoms with Crippen molar-refractivity contribution < 1.29 is 0 Å². The molecule has 0 aliphatic rings. The molecule has 0 spiro atoms. The monoisotopic (exact) mass is 171 g/mol. The Morgan fingerprint density at radius 1 is 1.82 bits per heavy atom. The van der Waals surface area contributed by atoms with Gasteiger partial charge in [0, 0.05) is 31.2 Å². The van der Waals surface area contributed by atoms with E-state index in [1.807, 2.05) is 24.7 Å². The Bertz CT molecular complexity index is 219. The van der Waals surface area contributed by atoms with Crippen molar-refractivity contribution in [2.45, 2.75) is 18.1 Å². The number of nitrogens with zero attached hydrogens (tertiary/aromatic N) is 2. The van der Waals surface area contributed by atoms with Gasteiger partial charge in [0.15, 0.2) is 5.16 Å². The summed E-state index contributed by atoms with van der Waals surface area (Å²) in [5.74, 6) is 0.921. The van der Waals surface area contributed by atoms with Crippen LogP contribution in [0.4, 0.5) is 0 Å². The van der Waals surface area contributed by atoms with Crippen LogP contribution in [0.3, 0.4) is 0 Å². The molecule has 0 fully saturated rings. The molecule has 1 heterocycles. The van der Waals surface area contributed by atoms with E-state index in [0.717, 1.165) is 10.9 Å². The maximum Gasteiger partial charge on any atom is 0.167 e. The van der Waals surface area contributed by atoms with Gasteiger partial charge in [0.2, 0.25) is 0 Å². The van der Waals surface area contributed by atoms with Crippen LogP contribution in [-0.2, 0) is 7.05 Å². The predicted molar refractivity (Wildman–Crippen MR) is 47.6 cm³/mol. The first-order valence-corrected chi connectivity index (χ1v) is 4.54. The molecule has 0 aliphatic carbocycles. The molecule has 0 radical (unpaired) electrons. The summed E-state index contributed by atoms with van der Waals surface area (Å²) in [4.78, 5) is 4.16. The first-order valence-electron chi connectivity index (χ1n) is 3.56. The number of aryl methyl sites for hydroxylation is 1. The van der Waals surface area contributed by atoms with Gasteiger partial charge in [-0.25, -0.2) is 4.98 Å². The minimum absolute atomic E-state index is 0.233. The zero-order chi connectivity index (χ0) is 8.27. The lowest BCUT2D eigenvalue weighted by Crippen LogP contribution is -2.17. The van der Waals surface area contributed by atoms with E-state index in [9.17, 15) is 0 Å². The second-order valence-electron chi connectivity index (χ2n) is 2.61. The molecule has 0 aromatic carbocycles. The van der Waals surface area contributed by atoms with Crippen molar-refractivity contribution in [3.63, 3.8) is 0 Å². The third-order valence-electron chi connectivity index (χ3n) is 1.25. The summed E-state index contributed by atoms with van der Waals surface area (Å²) in [5, 5.41) is 1.03. The number of rotatable bonds is 3. The molecule has 2 N–H and O–H groups in total. The fourth-order valence-corrected chi connectivity index (χ4v) is 1.51. The second-order valence-corrected chi connectivity index (χ2v) is 3.60. The predicted octanol–water partition coefficient (Wildman–Crippen LogP) is 0.859. The van der Waals surface area contributed by atoms with Crippen LogP contribution in [0.25, 0.3) is 0 Å². The van der Waals surface area contributed by atoms with Crippen molar-refractivity contribution in [2.75, 3.05) is 5.75 Å². The Kier molecular flexibility index (Phi) is 2.96. The van der Waals surface area contributed by atoms with Crippen LogP contribution in [-0.4, -0.2) is 21.3 Å². The number of thioether (sulfide) groups is 1. The van der Waals surface area contributed by atoms with Gasteiger partial charge in [-0.3, -0.25) is 0 Å². The zero-order valence-electron chi connectivity index (χ0n) is 6.82. The molecule has 1 aromatic heterocycles. The Morgan fingerprint density at radius 3 is 3.00 bits per heavy atom. The quantitative estimate of drug-likeness (QED) is 0.686. The maximum atomic E-state index is 5.60. The Morgan fingerprint density at radius 2 is 2.55 bits per heavy atom. The highest BCUT2D eigenvalue weighted by Crippen LogP contribution is 2.14. The summed E-state index contributed by atoms with van der Waals surface area (Å²) in [6.45, 7) is 2.00. The van der Waals surface area contributed by atoms with E-state index >= 15 is 0 Å². The standard InChI is InChI=1S/C7H13N3S/c1-6(8)5-11-7-9-3-4-10(7)2/h3-4,6H,5,8H2,1-2H3/t6-/m1/s1. The van der Waals surface area contributed by atoms with Crippen LogP contribution in [0, 0.1) is 0 Å². The average Bonchev–Trinajstić information content (AvgIpc) is 2.31. The number of imidazole rings is 1. The number of hydrogen-bond donors (Lipinski definition) is 1. The van der Waals surface area contributed by atoms with Gasteiger partial charge >= 0.3 is 0 Å². The summed E-state index contributed by atoms with van der Waals surface area (Å²) >= 11 is 1.69. The smallest absolute Gasteiger partial charge is 0.167 e. The van der Waals surface area contributed by atoms with Gasteiger partial charge in [0.25, 0.3) is 0 Å². The van der Waals surface area contributed by atoms with Crippen LogP contribution < -0.4 is 5.73 Å². The molecule has 62 valence electrons. The highest BCUT2D eigenvalue weighted by molar-refractivity contribution is 7.99. The van der Waals surface area contributed by atoms with E-state index < -0.39 is 0 Å². The van der Waals surface area contributed by atoms with Crippen molar-refractivity contribution >= 4 is 11.8 Å². The van der Waals surface area contributed by atoms with E-state index in [1.165, 1.54) is 0 Å². The highest BCUT2D eigenvalue weighted by atomic mass is 32.2. The fourth-order valence-electron chi connectivity index (χ4n) is 0.697. The van der Waals surface area contributed by atoms with E-state index in [-0.39, 0.29) is 6.04 Å². The molecule has 0 amide bonds. The first-order chi connectivity index (χ1) is 5.20. The van der Waals surface area contributed by atoms with E-state index in [4.69, 9.17) is 5.73 Å². The summed E-state index contributed by atoms with van der Waals surface area (Å²) in [5.41, 5.74) is 5.60. The van der Waals surface area contributed by atoms with E-state index in [1.54, 1.807) is 18.0 Å². The Balaban J connectivity index is 2.44. The summed E-state index contributed by atoms with van der Waals surface area (Å²) < 4.78 is 1.99. The zero-order valence-corrected chi connectivity index (χ0v) is 7.64. The Labute approximate surface area is 71.0 Å². The van der Waals surface area contributed by atoms with Crippen LogP contribution in [0.2, 0.25) is 0 Å². The molecule has 1 aromatic rings. The van der Waals surface area contributed by atoms with Crippen LogP contribution in [0.1, 0.15) is 6.92 Å². The van der Waals surface area contributed by atoms with Crippen molar-refractivity contribution in [3.05, 3.63) is 12.4 Å². The summed E-state index contributed by atoms with van der Waals surface area (Å²) in [6, 6.07) is 0.233. The first kappa shape index (κ1) is 8.62. The van der Waals surface area contributed by atoms with Crippen molar-refractivity contribution in [1.29, 1.82) is 0 Å². The number of nitrogens with two attached hydrogens (primary N) is 1. The molecule has 1 rings (SSSR count).